The van der Waals surface area contributed by atoms with Gasteiger partial charge in [0.25, 0.3) is 0 Å². The van der Waals surface area contributed by atoms with Gasteiger partial charge < -0.3 is 5.11 Å². The van der Waals surface area contributed by atoms with Crippen molar-refractivity contribution in [2.24, 2.45) is 0 Å². The minimum absolute atomic E-state index is 0.264. The molecule has 1 aromatic heterocycles. The fourth-order valence-electron chi connectivity index (χ4n) is 1.50. The number of hydrogen-bond donors (Lipinski definition) is 1. The van der Waals surface area contributed by atoms with E-state index in [4.69, 9.17) is 5.11 Å². The van der Waals surface area contributed by atoms with Gasteiger partial charge in [0, 0.05) is 10.9 Å². The van der Waals surface area contributed by atoms with Crippen LogP contribution in [-0.2, 0) is 11.3 Å². The number of carboxylic acid groups (broad SMARTS) is 1. The molecule has 2 rings (SSSR count). The maximum Gasteiger partial charge on any atom is 0.323 e. The molecule has 0 aliphatic heterocycles. The smallest absolute Gasteiger partial charge is 0.323 e. The summed E-state index contributed by atoms with van der Waals surface area (Å²) in [6.07, 6.45) is 0. The number of carboxylic acids is 1. The number of aromatic nitrogens is 1. The van der Waals surface area contributed by atoms with Crippen LogP contribution in [0.2, 0.25) is 0 Å². The maximum atomic E-state index is 13.1. The zero-order chi connectivity index (χ0) is 13.3. The van der Waals surface area contributed by atoms with Crippen LogP contribution in [0, 0.1) is 5.82 Å². The molecule has 7 heteroatoms. The van der Waals surface area contributed by atoms with Gasteiger partial charge in [-0.2, -0.15) is 0 Å². The molecule has 1 aromatic carbocycles. The summed E-state index contributed by atoms with van der Waals surface area (Å²) < 4.78 is 14.5. The molecule has 0 atom stereocenters. The Balaban J connectivity index is 2.53. The molecule has 1 heterocycles. The van der Waals surface area contributed by atoms with E-state index < -0.39 is 18.3 Å². The predicted molar refractivity (Wildman–Crippen MR) is 69.3 cm³/mol. The highest BCUT2D eigenvalue weighted by Gasteiger charge is 2.12. The van der Waals surface area contributed by atoms with E-state index in [2.05, 4.69) is 15.9 Å². The Bertz CT molecular complexity index is 665. The molecule has 0 saturated carbocycles. The molecule has 1 N–H and O–H groups in total. The summed E-state index contributed by atoms with van der Waals surface area (Å²) in [5.41, 5.74) is 1.05. The predicted octanol–water partition coefficient (Wildman–Crippen LogP) is 2.56. The summed E-state index contributed by atoms with van der Waals surface area (Å²) in [5.74, 6) is -1.51. The number of thiazole rings is 1. The molecule has 0 radical (unpaired) electrons. The van der Waals surface area contributed by atoms with Crippen LogP contribution in [0.1, 0.15) is 0 Å². The lowest BCUT2D eigenvalue weighted by Gasteiger charge is -2.05. The first-order chi connectivity index (χ1) is 8.49. The third-order valence-corrected chi connectivity index (χ3v) is 3.66. The van der Waals surface area contributed by atoms with Crippen molar-refractivity contribution in [2.75, 3.05) is 0 Å². The fourth-order valence-corrected chi connectivity index (χ4v) is 2.64. The Morgan fingerprint density at radius 1 is 1.50 bits per heavy atom. The van der Waals surface area contributed by atoms with Gasteiger partial charge in [-0.05, 0) is 34.1 Å². The Hall–Kier alpha value is -1.47. The van der Waals surface area contributed by atoms with Gasteiger partial charge in [0.05, 0.1) is 10.2 Å². The number of benzene rings is 1. The second-order valence-corrected chi connectivity index (χ2v) is 5.17. The first-order valence-corrected chi connectivity index (χ1v) is 6.52. The largest absolute Gasteiger partial charge is 0.480 e. The highest BCUT2D eigenvalue weighted by molar-refractivity contribution is 9.10. The molecule has 0 fully saturated rings. The summed E-state index contributed by atoms with van der Waals surface area (Å²) in [6, 6.07) is 4.27. The van der Waals surface area contributed by atoms with E-state index in [0.717, 1.165) is 15.9 Å². The van der Waals surface area contributed by atoms with Crippen molar-refractivity contribution in [3.63, 3.8) is 0 Å². The maximum absolute atomic E-state index is 13.1. The van der Waals surface area contributed by atoms with Crippen molar-refractivity contribution in [3.8, 4) is 11.3 Å². The van der Waals surface area contributed by atoms with Gasteiger partial charge in [0.1, 0.15) is 12.4 Å². The second-order valence-electron chi connectivity index (χ2n) is 3.50. The molecule has 4 nitrogen and oxygen atoms in total. The molecule has 0 unspecified atom stereocenters. The monoisotopic (exact) mass is 331 g/mol. The third kappa shape index (κ3) is 2.51. The number of nitrogens with zero attached hydrogens (tertiary/aromatic N) is 1. The Morgan fingerprint density at radius 2 is 2.22 bits per heavy atom. The van der Waals surface area contributed by atoms with Gasteiger partial charge in [0.2, 0.25) is 0 Å². The summed E-state index contributed by atoms with van der Waals surface area (Å²) in [6.45, 7) is -0.410. The summed E-state index contributed by atoms with van der Waals surface area (Å²) in [5, 5.41) is 10.3. The second kappa shape index (κ2) is 5.03. The van der Waals surface area contributed by atoms with E-state index >= 15 is 0 Å². The van der Waals surface area contributed by atoms with Crippen molar-refractivity contribution >= 4 is 33.2 Å². The minimum atomic E-state index is -1.10. The van der Waals surface area contributed by atoms with E-state index in [9.17, 15) is 14.0 Å². The molecule has 0 aliphatic rings. The first kappa shape index (κ1) is 13.0. The Morgan fingerprint density at radius 3 is 2.83 bits per heavy atom. The molecule has 0 saturated heterocycles. The number of aliphatic carboxylic acids is 1. The van der Waals surface area contributed by atoms with Crippen molar-refractivity contribution in [3.05, 3.63) is 43.5 Å². The number of halogens is 2. The number of carbonyl (C=O) groups is 1. The van der Waals surface area contributed by atoms with Gasteiger partial charge >= 0.3 is 10.8 Å². The zero-order valence-corrected chi connectivity index (χ0v) is 11.3. The molecule has 0 bridgehead atoms. The van der Waals surface area contributed by atoms with Crippen LogP contribution in [0.15, 0.2) is 32.8 Å². The van der Waals surface area contributed by atoms with Gasteiger partial charge in [-0.15, -0.1) is 0 Å². The quantitative estimate of drug-likeness (QED) is 0.940. The molecule has 2 aromatic rings. The van der Waals surface area contributed by atoms with E-state index in [-0.39, 0.29) is 9.35 Å². The van der Waals surface area contributed by atoms with Gasteiger partial charge in [-0.3, -0.25) is 14.2 Å². The lowest BCUT2D eigenvalue weighted by Crippen LogP contribution is -2.19. The van der Waals surface area contributed by atoms with Crippen molar-refractivity contribution < 1.29 is 14.3 Å². The van der Waals surface area contributed by atoms with Gasteiger partial charge in [0.15, 0.2) is 0 Å². The Kier molecular flexibility index (Phi) is 3.63. The van der Waals surface area contributed by atoms with Crippen LogP contribution >= 0.6 is 27.3 Å². The first-order valence-electron chi connectivity index (χ1n) is 4.84. The average molecular weight is 332 g/mol. The molecular formula is C11H7BrFNO3S. The molecule has 0 amide bonds. The van der Waals surface area contributed by atoms with E-state index in [0.29, 0.717) is 11.3 Å². The van der Waals surface area contributed by atoms with E-state index in [1.54, 1.807) is 5.38 Å². The molecular weight excluding hydrogens is 325 g/mol. The van der Waals surface area contributed by atoms with Crippen molar-refractivity contribution in [2.45, 2.75) is 6.54 Å². The molecule has 94 valence electrons. The lowest BCUT2D eigenvalue weighted by atomic mass is 10.1. The average Bonchev–Trinajstić information content (AvgIpc) is 2.64. The SMILES string of the molecule is O=C(O)Cn1c(-c2ccc(F)c(Br)c2)csc1=O. The number of hydrogen-bond acceptors (Lipinski definition) is 3. The highest BCUT2D eigenvalue weighted by atomic mass is 79.9. The molecule has 0 spiro atoms. The summed E-state index contributed by atoms with van der Waals surface area (Å²) in [4.78, 5) is 21.9. The fraction of sp³-hybridized carbons (Fsp3) is 0.0909. The van der Waals surface area contributed by atoms with Crippen LogP contribution in [0.5, 0.6) is 0 Å². The standard InChI is InChI=1S/C11H7BrFNO3S/c12-7-3-6(1-2-8(7)13)9-5-18-11(17)14(9)4-10(15)16/h1-3,5H,4H2,(H,15,16). The zero-order valence-electron chi connectivity index (χ0n) is 8.89. The molecule has 0 aliphatic carbocycles. The van der Waals surface area contributed by atoms with Gasteiger partial charge in [-0.25, -0.2) is 4.39 Å². The molecule has 18 heavy (non-hydrogen) atoms. The van der Waals surface area contributed by atoms with Crippen LogP contribution in [0.4, 0.5) is 4.39 Å². The minimum Gasteiger partial charge on any atom is -0.480 e. The third-order valence-electron chi connectivity index (χ3n) is 2.29. The van der Waals surface area contributed by atoms with E-state index in [1.165, 1.54) is 18.2 Å². The van der Waals surface area contributed by atoms with Crippen LogP contribution in [0.3, 0.4) is 0 Å². The number of rotatable bonds is 3. The van der Waals surface area contributed by atoms with Crippen LogP contribution < -0.4 is 4.87 Å². The van der Waals surface area contributed by atoms with Crippen LogP contribution in [0.25, 0.3) is 11.3 Å². The topological polar surface area (TPSA) is 59.3 Å². The van der Waals surface area contributed by atoms with Gasteiger partial charge in [-0.1, -0.05) is 11.3 Å². The van der Waals surface area contributed by atoms with Crippen LogP contribution in [-0.4, -0.2) is 15.6 Å². The van der Waals surface area contributed by atoms with Crippen molar-refractivity contribution in [1.29, 1.82) is 0 Å². The highest BCUT2D eigenvalue weighted by Crippen LogP contribution is 2.25. The van der Waals surface area contributed by atoms with Crippen molar-refractivity contribution in [1.82, 2.24) is 4.57 Å². The Labute approximate surface area is 113 Å². The summed E-state index contributed by atoms with van der Waals surface area (Å²) in [7, 11) is 0. The normalized spacial score (nSPS) is 10.6. The van der Waals surface area contributed by atoms with E-state index in [1.807, 2.05) is 0 Å². The summed E-state index contributed by atoms with van der Waals surface area (Å²) >= 11 is 3.96. The lowest BCUT2D eigenvalue weighted by molar-refractivity contribution is -0.137.